The number of hydrogen-bond acceptors (Lipinski definition) is 6. The number of nitrogens with zero attached hydrogens (tertiary/aromatic N) is 5. The predicted octanol–water partition coefficient (Wildman–Crippen LogP) is 1.76. The molecule has 0 saturated heterocycles. The van der Waals surface area contributed by atoms with E-state index in [4.69, 9.17) is 4.98 Å². The second-order valence-corrected chi connectivity index (χ2v) is 7.51. The van der Waals surface area contributed by atoms with Crippen LogP contribution in [0.2, 0.25) is 0 Å². The molecule has 0 aromatic carbocycles. The number of nitrogens with one attached hydrogen (secondary N) is 1. The first kappa shape index (κ1) is 17.9. The number of fused-ring (bicyclic) bond motifs is 1. The summed E-state index contributed by atoms with van der Waals surface area (Å²) in [7, 11) is 3.96. The summed E-state index contributed by atoms with van der Waals surface area (Å²) in [5.41, 5.74) is 3.81. The van der Waals surface area contributed by atoms with Gasteiger partial charge in [-0.15, -0.1) is 0 Å². The Morgan fingerprint density at radius 1 is 1.22 bits per heavy atom. The van der Waals surface area contributed by atoms with E-state index in [1.165, 1.54) is 0 Å². The van der Waals surface area contributed by atoms with Gasteiger partial charge in [-0.05, 0) is 30.9 Å². The Bertz CT molecular complexity index is 900. The molecule has 2 aliphatic rings. The van der Waals surface area contributed by atoms with Gasteiger partial charge in [-0.3, -0.25) is 14.7 Å². The molecule has 0 fully saturated rings. The summed E-state index contributed by atoms with van der Waals surface area (Å²) in [4.78, 5) is 33.6. The molecular formula is C20H26N6O. The number of aliphatic imine (C=N–C) groups is 1. The number of hydrogen-bond donors (Lipinski definition) is 1. The lowest BCUT2D eigenvalue weighted by Crippen LogP contribution is -2.36. The first-order valence-electron chi connectivity index (χ1n) is 9.60. The maximum atomic E-state index is 12.6. The van der Waals surface area contributed by atoms with Crippen LogP contribution in [-0.4, -0.2) is 52.7 Å². The Morgan fingerprint density at radius 2 is 2.11 bits per heavy atom. The Kier molecular flexibility index (Phi) is 5.03. The maximum Gasteiger partial charge on any atom is 0.255 e. The molecule has 27 heavy (non-hydrogen) atoms. The van der Waals surface area contributed by atoms with Crippen LogP contribution in [0.3, 0.4) is 0 Å². The minimum Gasteiger partial charge on any atom is -0.363 e. The fourth-order valence-corrected chi connectivity index (χ4v) is 3.68. The molecule has 2 aromatic heterocycles. The van der Waals surface area contributed by atoms with Crippen molar-refractivity contribution in [1.29, 1.82) is 0 Å². The van der Waals surface area contributed by atoms with Crippen molar-refractivity contribution in [2.45, 2.75) is 38.8 Å². The minimum absolute atomic E-state index is 0.0194. The fourth-order valence-electron chi connectivity index (χ4n) is 3.68. The van der Waals surface area contributed by atoms with Crippen LogP contribution in [0, 0.1) is 0 Å². The molecule has 0 radical (unpaired) electrons. The smallest absolute Gasteiger partial charge is 0.255 e. The van der Waals surface area contributed by atoms with Crippen molar-refractivity contribution in [1.82, 2.24) is 19.9 Å². The third kappa shape index (κ3) is 3.93. The highest BCUT2D eigenvalue weighted by atomic mass is 16.1. The van der Waals surface area contributed by atoms with Crippen LogP contribution in [0.1, 0.15) is 41.9 Å². The number of aromatic nitrogens is 3. The Labute approximate surface area is 159 Å². The van der Waals surface area contributed by atoms with Crippen LogP contribution < -0.4 is 10.5 Å². The molecule has 7 nitrogen and oxygen atoms in total. The predicted molar refractivity (Wildman–Crippen MR) is 106 cm³/mol. The lowest BCUT2D eigenvalue weighted by molar-refractivity contribution is 0.241. The van der Waals surface area contributed by atoms with Gasteiger partial charge in [-0.25, -0.2) is 9.97 Å². The van der Waals surface area contributed by atoms with Gasteiger partial charge in [0.15, 0.2) is 5.82 Å². The van der Waals surface area contributed by atoms with E-state index in [0.29, 0.717) is 12.4 Å². The van der Waals surface area contributed by atoms with Crippen molar-refractivity contribution in [3.8, 4) is 0 Å². The van der Waals surface area contributed by atoms with Gasteiger partial charge in [0.05, 0.1) is 17.0 Å². The zero-order chi connectivity index (χ0) is 18.8. The van der Waals surface area contributed by atoms with Gasteiger partial charge < -0.3 is 9.88 Å². The Balaban J connectivity index is 1.49. The zero-order valence-corrected chi connectivity index (χ0v) is 16.0. The van der Waals surface area contributed by atoms with Crippen LogP contribution in [0.5, 0.6) is 0 Å². The molecule has 1 N–H and O–H groups in total. The van der Waals surface area contributed by atoms with E-state index in [0.717, 1.165) is 73.7 Å². The van der Waals surface area contributed by atoms with Gasteiger partial charge in [-0.2, -0.15) is 0 Å². The topological polar surface area (TPSA) is 77.5 Å². The quantitative estimate of drug-likeness (QED) is 0.892. The van der Waals surface area contributed by atoms with Gasteiger partial charge >= 0.3 is 0 Å². The second-order valence-electron chi connectivity index (χ2n) is 7.51. The summed E-state index contributed by atoms with van der Waals surface area (Å²) in [5, 5.41) is 0. The van der Waals surface area contributed by atoms with Crippen molar-refractivity contribution in [2.24, 2.45) is 4.99 Å². The average molecular weight is 366 g/mol. The summed E-state index contributed by atoms with van der Waals surface area (Å²) in [6.45, 7) is 3.14. The standard InChI is InChI=1S/C20H26N6O/c1-25(2)18-7-6-14(11-22-18)12-26-10-8-16-15(13-26)20(27)24-19(23-16)17-5-3-4-9-21-17/h6-7,11H,3-5,8-10,12-13H2,1-2H3,(H,23,24,27). The van der Waals surface area contributed by atoms with Crippen LogP contribution in [0.4, 0.5) is 5.82 Å². The molecule has 4 rings (SSSR count). The molecule has 2 aliphatic heterocycles. The molecule has 0 aliphatic carbocycles. The Morgan fingerprint density at radius 3 is 2.81 bits per heavy atom. The van der Waals surface area contributed by atoms with E-state index < -0.39 is 0 Å². The Hall–Kier alpha value is -2.54. The number of pyridine rings is 1. The molecule has 0 saturated carbocycles. The number of H-pyrrole nitrogens is 1. The molecule has 2 aromatic rings. The highest BCUT2D eigenvalue weighted by molar-refractivity contribution is 5.97. The molecule has 7 heteroatoms. The summed E-state index contributed by atoms with van der Waals surface area (Å²) in [6.07, 6.45) is 5.86. The van der Waals surface area contributed by atoms with Gasteiger partial charge in [0.2, 0.25) is 0 Å². The number of aromatic amines is 1. The molecule has 142 valence electrons. The minimum atomic E-state index is -0.0194. The van der Waals surface area contributed by atoms with E-state index in [1.54, 1.807) is 0 Å². The van der Waals surface area contributed by atoms with E-state index in [-0.39, 0.29) is 5.56 Å². The van der Waals surface area contributed by atoms with Crippen molar-refractivity contribution < 1.29 is 0 Å². The zero-order valence-electron chi connectivity index (χ0n) is 16.0. The highest BCUT2D eigenvalue weighted by Gasteiger charge is 2.22. The number of rotatable bonds is 4. The molecular weight excluding hydrogens is 340 g/mol. The van der Waals surface area contributed by atoms with Crippen LogP contribution in [-0.2, 0) is 19.5 Å². The summed E-state index contributed by atoms with van der Waals surface area (Å²) >= 11 is 0. The molecule has 4 heterocycles. The van der Waals surface area contributed by atoms with Gasteiger partial charge in [0, 0.05) is 52.9 Å². The van der Waals surface area contributed by atoms with Crippen molar-refractivity contribution >= 4 is 11.5 Å². The van der Waals surface area contributed by atoms with Crippen LogP contribution in [0.15, 0.2) is 28.1 Å². The molecule has 0 unspecified atom stereocenters. The largest absolute Gasteiger partial charge is 0.363 e. The number of anilines is 1. The van der Waals surface area contributed by atoms with E-state index in [1.807, 2.05) is 31.3 Å². The lowest BCUT2D eigenvalue weighted by Gasteiger charge is -2.28. The van der Waals surface area contributed by atoms with Crippen molar-refractivity contribution in [2.75, 3.05) is 32.1 Å². The van der Waals surface area contributed by atoms with Gasteiger partial charge in [0.1, 0.15) is 5.82 Å². The van der Waals surface area contributed by atoms with Gasteiger partial charge in [0.25, 0.3) is 5.56 Å². The van der Waals surface area contributed by atoms with E-state index in [2.05, 4.69) is 25.9 Å². The fraction of sp³-hybridized carbons (Fsp3) is 0.500. The normalized spacial score (nSPS) is 17.3. The SMILES string of the molecule is CN(C)c1ccc(CN2CCc3nc(C4=NCCCC4)[nH]c(=O)c3C2)cn1. The average Bonchev–Trinajstić information content (AvgIpc) is 2.69. The highest BCUT2D eigenvalue weighted by Crippen LogP contribution is 2.18. The van der Waals surface area contributed by atoms with E-state index in [9.17, 15) is 4.79 Å². The van der Waals surface area contributed by atoms with Crippen molar-refractivity contribution in [3.05, 3.63) is 51.3 Å². The first-order valence-corrected chi connectivity index (χ1v) is 9.60. The first-order chi connectivity index (χ1) is 13.1. The second kappa shape index (κ2) is 7.60. The third-order valence-corrected chi connectivity index (χ3v) is 5.22. The molecule has 0 atom stereocenters. The maximum absolute atomic E-state index is 12.6. The van der Waals surface area contributed by atoms with Crippen LogP contribution >= 0.6 is 0 Å². The monoisotopic (exact) mass is 366 g/mol. The molecule has 0 amide bonds. The van der Waals surface area contributed by atoms with Crippen LogP contribution in [0.25, 0.3) is 0 Å². The summed E-state index contributed by atoms with van der Waals surface area (Å²) in [6, 6.07) is 4.13. The molecule has 0 bridgehead atoms. The van der Waals surface area contributed by atoms with Crippen molar-refractivity contribution in [3.63, 3.8) is 0 Å². The molecule has 0 spiro atoms. The lowest BCUT2D eigenvalue weighted by atomic mass is 10.0. The van der Waals surface area contributed by atoms with E-state index >= 15 is 0 Å². The summed E-state index contributed by atoms with van der Waals surface area (Å²) in [5.74, 6) is 1.62. The summed E-state index contributed by atoms with van der Waals surface area (Å²) < 4.78 is 0. The van der Waals surface area contributed by atoms with Gasteiger partial charge in [-0.1, -0.05) is 6.07 Å². The third-order valence-electron chi connectivity index (χ3n) is 5.22.